The summed E-state index contributed by atoms with van der Waals surface area (Å²) in [6.45, 7) is 4.40. The standard InChI is InChI=1S/C31H35F3N8O4S2/c32-17-6-31(4-1-5-40(31)10-17)15-46-30-38-24-22(34)25(20-2-3-21(33)26-23(20)37-29(35)47-26)41(9-16-11-44-12-16)48(43)27(24)28(39-30)42-18-7-36-8-19(42)14-45-13-18/h2-3,16-19,36H,1,4-15H2,(H2,35,37)/t17-,18?,19?,31+,48?/m1/s1. The van der Waals surface area contributed by atoms with Gasteiger partial charge in [-0.3, -0.25) is 9.21 Å². The van der Waals surface area contributed by atoms with Crippen molar-refractivity contribution in [3.05, 3.63) is 29.2 Å². The molecule has 5 atom stereocenters. The number of nitrogens with zero attached hydrogens (tertiary/aromatic N) is 6. The highest BCUT2D eigenvalue weighted by atomic mass is 32.2. The monoisotopic (exact) mass is 704 g/mol. The van der Waals surface area contributed by atoms with Crippen molar-refractivity contribution in [2.45, 2.75) is 48.0 Å². The van der Waals surface area contributed by atoms with Gasteiger partial charge in [0.15, 0.2) is 27.8 Å². The number of nitrogens with one attached hydrogen (secondary N) is 1. The van der Waals surface area contributed by atoms with Crippen molar-refractivity contribution in [1.29, 1.82) is 0 Å². The summed E-state index contributed by atoms with van der Waals surface area (Å²) in [5.74, 6) is -0.960. The Morgan fingerprint density at radius 1 is 1.12 bits per heavy atom. The van der Waals surface area contributed by atoms with E-state index in [0.29, 0.717) is 58.3 Å². The predicted molar refractivity (Wildman–Crippen MR) is 174 cm³/mol. The van der Waals surface area contributed by atoms with E-state index in [0.717, 1.165) is 30.7 Å². The number of hydrogen-bond acceptors (Lipinski definition) is 12. The van der Waals surface area contributed by atoms with Gasteiger partial charge >= 0.3 is 6.01 Å². The van der Waals surface area contributed by atoms with Gasteiger partial charge in [-0.05, 0) is 31.5 Å². The number of aromatic nitrogens is 3. The maximum atomic E-state index is 17.4. The lowest BCUT2D eigenvalue weighted by Crippen LogP contribution is -2.64. The minimum absolute atomic E-state index is 0.00644. The largest absolute Gasteiger partial charge is 0.461 e. The molecule has 3 aromatic rings. The minimum atomic E-state index is -1.99. The molecule has 5 fully saturated rings. The third-order valence-electron chi connectivity index (χ3n) is 10.4. The first-order chi connectivity index (χ1) is 23.3. The van der Waals surface area contributed by atoms with Crippen LogP contribution in [0.4, 0.5) is 24.1 Å². The number of nitrogen functional groups attached to an aromatic ring is 1. The van der Waals surface area contributed by atoms with Crippen LogP contribution in [0, 0.1) is 11.7 Å². The van der Waals surface area contributed by atoms with Crippen molar-refractivity contribution in [3.63, 3.8) is 0 Å². The number of halogens is 3. The zero-order chi connectivity index (χ0) is 32.7. The van der Waals surface area contributed by atoms with Gasteiger partial charge in [-0.2, -0.15) is 9.97 Å². The van der Waals surface area contributed by atoms with E-state index in [9.17, 15) is 13.0 Å². The Hall–Kier alpha value is -3.09. The number of rotatable bonds is 7. The third-order valence-corrected chi connectivity index (χ3v) is 12.8. The number of alkyl halides is 1. The molecule has 6 aliphatic rings. The number of ether oxygens (including phenoxy) is 3. The van der Waals surface area contributed by atoms with Crippen LogP contribution in [0.3, 0.4) is 0 Å². The summed E-state index contributed by atoms with van der Waals surface area (Å²) in [5, 5.41) is 3.56. The fraction of sp³-hybridized carbons (Fsp3) is 0.581. The number of nitrogens with two attached hydrogens (primary N) is 1. The molecular formula is C31H35F3N8O4S2. The molecule has 2 aromatic heterocycles. The van der Waals surface area contributed by atoms with E-state index in [2.05, 4.69) is 25.1 Å². The van der Waals surface area contributed by atoms with E-state index in [1.54, 1.807) is 0 Å². The Labute approximate surface area is 281 Å². The second-order valence-corrected chi connectivity index (χ2v) is 15.9. The summed E-state index contributed by atoms with van der Waals surface area (Å²) in [5.41, 5.74) is 5.78. The Balaban J connectivity index is 1.22. The molecule has 3 unspecified atom stereocenters. The average molecular weight is 705 g/mol. The number of thiazole rings is 1. The van der Waals surface area contributed by atoms with Gasteiger partial charge in [0, 0.05) is 44.1 Å². The summed E-state index contributed by atoms with van der Waals surface area (Å²) in [7, 11) is -1.99. The van der Waals surface area contributed by atoms with Crippen LogP contribution >= 0.6 is 11.3 Å². The Morgan fingerprint density at radius 3 is 2.69 bits per heavy atom. The molecule has 12 nitrogen and oxygen atoms in total. The molecule has 256 valence electrons. The van der Waals surface area contributed by atoms with E-state index < -0.39 is 34.3 Å². The van der Waals surface area contributed by atoms with Crippen molar-refractivity contribution in [3.8, 4) is 6.01 Å². The van der Waals surface area contributed by atoms with Crippen molar-refractivity contribution < 1.29 is 31.6 Å². The van der Waals surface area contributed by atoms with E-state index in [-0.39, 0.29) is 74.4 Å². The second kappa shape index (κ2) is 11.8. The number of piperazine rings is 1. The molecule has 6 aliphatic heterocycles. The summed E-state index contributed by atoms with van der Waals surface area (Å²) >= 11 is 0.966. The zero-order valence-corrected chi connectivity index (χ0v) is 27.6. The van der Waals surface area contributed by atoms with Crippen LogP contribution in [0.2, 0.25) is 0 Å². The van der Waals surface area contributed by atoms with Crippen LogP contribution in [0.25, 0.3) is 21.7 Å². The molecule has 1 aromatic carbocycles. The van der Waals surface area contributed by atoms with Crippen molar-refractivity contribution >= 4 is 55.0 Å². The fourth-order valence-corrected chi connectivity index (χ4v) is 10.4. The molecule has 0 amide bonds. The van der Waals surface area contributed by atoms with Gasteiger partial charge in [-0.25, -0.2) is 22.4 Å². The van der Waals surface area contributed by atoms with Crippen LogP contribution in [-0.4, -0.2) is 118 Å². The lowest BCUT2D eigenvalue weighted by Gasteiger charge is -2.47. The molecule has 48 heavy (non-hydrogen) atoms. The van der Waals surface area contributed by atoms with Crippen LogP contribution in [0.5, 0.6) is 6.01 Å². The first kappa shape index (κ1) is 30.9. The van der Waals surface area contributed by atoms with Crippen LogP contribution in [0.1, 0.15) is 30.5 Å². The fourth-order valence-electron chi connectivity index (χ4n) is 8.13. The van der Waals surface area contributed by atoms with Gasteiger partial charge in [0.25, 0.3) is 0 Å². The molecule has 0 saturated carbocycles. The highest BCUT2D eigenvalue weighted by molar-refractivity contribution is 7.83. The number of morpholine rings is 1. The average Bonchev–Trinajstić information content (AvgIpc) is 3.71. The van der Waals surface area contributed by atoms with Crippen LogP contribution < -0.4 is 20.7 Å². The smallest absolute Gasteiger partial charge is 0.319 e. The molecule has 0 aliphatic carbocycles. The van der Waals surface area contributed by atoms with Crippen molar-refractivity contribution in [1.82, 2.24) is 29.5 Å². The first-order valence-electron chi connectivity index (χ1n) is 16.3. The number of fused-ring (bicyclic) bond motifs is 5. The van der Waals surface area contributed by atoms with Crippen molar-refractivity contribution in [2.75, 3.05) is 76.4 Å². The molecule has 0 radical (unpaired) electrons. The van der Waals surface area contributed by atoms with E-state index >= 15 is 4.39 Å². The van der Waals surface area contributed by atoms with Gasteiger partial charge in [-0.15, -0.1) is 0 Å². The van der Waals surface area contributed by atoms with Crippen LogP contribution in [0.15, 0.2) is 17.0 Å². The Morgan fingerprint density at radius 2 is 1.92 bits per heavy atom. The molecule has 9 rings (SSSR count). The Bertz CT molecular complexity index is 1820. The molecule has 17 heteroatoms. The highest BCUT2D eigenvalue weighted by Crippen LogP contribution is 2.47. The lowest BCUT2D eigenvalue weighted by atomic mass is 9.95. The molecule has 3 N–H and O–H groups in total. The molecule has 8 heterocycles. The van der Waals surface area contributed by atoms with Gasteiger partial charge in [0.2, 0.25) is 0 Å². The molecule has 5 saturated heterocycles. The first-order valence-corrected chi connectivity index (χ1v) is 18.2. The summed E-state index contributed by atoms with van der Waals surface area (Å²) in [6.07, 6.45) is 1.12. The number of hydrogen-bond donors (Lipinski definition) is 2. The SMILES string of the molecule is Nc1nc2c(C3=C(F)c4nc(OC[C@@]56CCCN5C[C@H](F)C6)nc(N5C6CNCC5COC6)c4S(=O)N3CC3COC3)ccc(F)c2s1. The summed E-state index contributed by atoms with van der Waals surface area (Å²) in [6, 6.07) is 2.32. The predicted octanol–water partition coefficient (Wildman–Crippen LogP) is 2.72. The lowest BCUT2D eigenvalue weighted by molar-refractivity contribution is -0.0346. The quantitative estimate of drug-likeness (QED) is 0.377. The number of benzene rings is 1. The molecule has 2 bridgehead atoms. The van der Waals surface area contributed by atoms with E-state index in [1.165, 1.54) is 16.4 Å². The zero-order valence-electron chi connectivity index (χ0n) is 26.0. The molecular weight excluding hydrogens is 670 g/mol. The van der Waals surface area contributed by atoms with Gasteiger partial charge < -0.3 is 30.2 Å². The van der Waals surface area contributed by atoms with Gasteiger partial charge in [0.05, 0.1) is 60.0 Å². The van der Waals surface area contributed by atoms with Crippen molar-refractivity contribution in [2.24, 2.45) is 5.92 Å². The maximum absolute atomic E-state index is 17.4. The van der Waals surface area contributed by atoms with Crippen LogP contribution in [-0.2, 0) is 20.5 Å². The molecule has 0 spiro atoms. The Kier molecular flexibility index (Phi) is 7.58. The number of anilines is 2. The van der Waals surface area contributed by atoms with E-state index in [1.807, 2.05) is 0 Å². The third kappa shape index (κ3) is 4.91. The maximum Gasteiger partial charge on any atom is 0.319 e. The topological polar surface area (TPSA) is 131 Å². The van der Waals surface area contributed by atoms with Gasteiger partial charge in [0.1, 0.15) is 29.2 Å². The van der Waals surface area contributed by atoms with E-state index in [4.69, 9.17) is 24.9 Å². The second-order valence-electron chi connectivity index (χ2n) is 13.5. The minimum Gasteiger partial charge on any atom is -0.461 e. The summed E-state index contributed by atoms with van der Waals surface area (Å²) < 4.78 is 81.1. The van der Waals surface area contributed by atoms with Gasteiger partial charge in [-0.1, -0.05) is 11.3 Å². The normalized spacial score (nSPS) is 30.6. The highest BCUT2D eigenvalue weighted by Gasteiger charge is 2.50. The summed E-state index contributed by atoms with van der Waals surface area (Å²) in [4.78, 5) is 18.2.